The molecule has 0 radical (unpaired) electrons. The molecule has 1 heterocycles. The highest BCUT2D eigenvalue weighted by molar-refractivity contribution is 5.77. The molecule has 0 spiro atoms. The van der Waals surface area contributed by atoms with Gasteiger partial charge in [0, 0.05) is 18.8 Å². The standard InChI is InChI=1S/C16H18N2O4/c1-20-13-4-6-14(7-5-13)22-11-15(19)17-9-12-3-8-16(21-2)18-10-12/h3-8,10H,9,11H2,1-2H3,(H,17,19). The predicted octanol–water partition coefficient (Wildman–Crippen LogP) is 1.79. The first-order chi connectivity index (χ1) is 10.7. The Labute approximate surface area is 129 Å². The van der Waals surface area contributed by atoms with Crippen LogP contribution in [0, 0.1) is 0 Å². The Morgan fingerprint density at radius 1 is 1.05 bits per heavy atom. The van der Waals surface area contributed by atoms with E-state index in [1.807, 2.05) is 6.07 Å². The van der Waals surface area contributed by atoms with Crippen molar-refractivity contribution < 1.29 is 19.0 Å². The second-order valence-corrected chi connectivity index (χ2v) is 4.45. The lowest BCUT2D eigenvalue weighted by atomic mass is 10.3. The molecule has 2 aromatic rings. The third-order valence-electron chi connectivity index (χ3n) is 2.93. The van der Waals surface area contributed by atoms with Gasteiger partial charge in [0.15, 0.2) is 6.61 Å². The number of rotatable bonds is 7. The van der Waals surface area contributed by atoms with Crippen molar-refractivity contribution in [1.29, 1.82) is 0 Å². The number of nitrogens with one attached hydrogen (secondary N) is 1. The summed E-state index contributed by atoms with van der Waals surface area (Å²) >= 11 is 0. The summed E-state index contributed by atoms with van der Waals surface area (Å²) in [4.78, 5) is 15.8. The summed E-state index contributed by atoms with van der Waals surface area (Å²) in [5.74, 6) is 1.69. The Morgan fingerprint density at radius 3 is 2.36 bits per heavy atom. The Morgan fingerprint density at radius 2 is 1.77 bits per heavy atom. The Bertz CT molecular complexity index is 543. The maximum absolute atomic E-state index is 11.7. The number of pyridine rings is 1. The van der Waals surface area contributed by atoms with Crippen molar-refractivity contribution in [3.63, 3.8) is 0 Å². The van der Waals surface area contributed by atoms with Crippen LogP contribution < -0.4 is 19.5 Å². The number of carbonyl (C=O) groups is 1. The van der Waals surface area contributed by atoms with Crippen molar-refractivity contribution in [2.24, 2.45) is 0 Å². The Hall–Kier alpha value is -2.76. The maximum atomic E-state index is 11.7. The summed E-state index contributed by atoms with van der Waals surface area (Å²) < 4.78 is 15.4. The van der Waals surface area contributed by atoms with Gasteiger partial charge in [0.2, 0.25) is 5.88 Å². The second kappa shape index (κ2) is 7.87. The molecule has 116 valence electrons. The molecule has 2 rings (SSSR count). The smallest absolute Gasteiger partial charge is 0.258 e. The van der Waals surface area contributed by atoms with Crippen LogP contribution in [0.1, 0.15) is 5.56 Å². The van der Waals surface area contributed by atoms with Crippen LogP contribution >= 0.6 is 0 Å². The fourth-order valence-electron chi connectivity index (χ4n) is 1.71. The number of carbonyl (C=O) groups excluding carboxylic acids is 1. The van der Waals surface area contributed by atoms with E-state index >= 15 is 0 Å². The highest BCUT2D eigenvalue weighted by atomic mass is 16.5. The number of hydrogen-bond donors (Lipinski definition) is 1. The lowest BCUT2D eigenvalue weighted by Crippen LogP contribution is -2.28. The van der Waals surface area contributed by atoms with Gasteiger partial charge in [-0.3, -0.25) is 4.79 Å². The molecule has 0 aliphatic carbocycles. The number of aromatic nitrogens is 1. The molecular formula is C16H18N2O4. The van der Waals surface area contributed by atoms with Gasteiger partial charge in [0.1, 0.15) is 11.5 Å². The molecule has 22 heavy (non-hydrogen) atoms. The average molecular weight is 302 g/mol. The maximum Gasteiger partial charge on any atom is 0.258 e. The van der Waals surface area contributed by atoms with Gasteiger partial charge in [0.25, 0.3) is 5.91 Å². The molecule has 1 amide bonds. The zero-order valence-electron chi connectivity index (χ0n) is 12.5. The topological polar surface area (TPSA) is 69.7 Å². The number of ether oxygens (including phenoxy) is 3. The summed E-state index contributed by atoms with van der Waals surface area (Å²) in [6.07, 6.45) is 1.66. The van der Waals surface area contributed by atoms with Gasteiger partial charge < -0.3 is 19.5 Å². The van der Waals surface area contributed by atoms with Gasteiger partial charge in [-0.25, -0.2) is 4.98 Å². The first kappa shape index (κ1) is 15.6. The third-order valence-corrected chi connectivity index (χ3v) is 2.93. The Kier molecular flexibility index (Phi) is 5.59. The summed E-state index contributed by atoms with van der Waals surface area (Å²) in [5.41, 5.74) is 0.888. The fourth-order valence-corrected chi connectivity index (χ4v) is 1.71. The van der Waals surface area contributed by atoms with Crippen molar-refractivity contribution in [2.45, 2.75) is 6.54 Å². The molecule has 0 atom stereocenters. The van der Waals surface area contributed by atoms with E-state index < -0.39 is 0 Å². The van der Waals surface area contributed by atoms with E-state index in [1.165, 1.54) is 0 Å². The summed E-state index contributed by atoms with van der Waals surface area (Å²) in [6.45, 7) is 0.345. The van der Waals surface area contributed by atoms with Gasteiger partial charge in [-0.2, -0.15) is 0 Å². The van der Waals surface area contributed by atoms with Crippen LogP contribution in [0.3, 0.4) is 0 Å². The van der Waals surface area contributed by atoms with E-state index in [0.717, 1.165) is 11.3 Å². The highest BCUT2D eigenvalue weighted by Crippen LogP contribution is 2.16. The van der Waals surface area contributed by atoms with Gasteiger partial charge in [-0.05, 0) is 29.8 Å². The van der Waals surface area contributed by atoms with E-state index in [1.54, 1.807) is 50.7 Å². The minimum atomic E-state index is -0.202. The summed E-state index contributed by atoms with van der Waals surface area (Å²) in [7, 11) is 3.15. The minimum Gasteiger partial charge on any atom is -0.497 e. The molecule has 0 saturated carbocycles. The number of hydrogen-bond acceptors (Lipinski definition) is 5. The lowest BCUT2D eigenvalue weighted by molar-refractivity contribution is -0.123. The van der Waals surface area contributed by atoms with Crippen LogP contribution in [0.2, 0.25) is 0 Å². The fraction of sp³-hybridized carbons (Fsp3) is 0.250. The van der Waals surface area contributed by atoms with Crippen molar-refractivity contribution in [3.05, 3.63) is 48.2 Å². The largest absolute Gasteiger partial charge is 0.497 e. The zero-order valence-corrected chi connectivity index (χ0v) is 12.5. The molecule has 6 heteroatoms. The zero-order chi connectivity index (χ0) is 15.8. The van der Waals surface area contributed by atoms with Crippen LogP contribution in [0.5, 0.6) is 17.4 Å². The summed E-state index contributed by atoms with van der Waals surface area (Å²) in [5, 5.41) is 2.76. The van der Waals surface area contributed by atoms with Crippen LogP contribution in [-0.4, -0.2) is 31.7 Å². The van der Waals surface area contributed by atoms with E-state index in [-0.39, 0.29) is 12.5 Å². The van der Waals surface area contributed by atoms with Gasteiger partial charge in [-0.15, -0.1) is 0 Å². The van der Waals surface area contributed by atoms with Gasteiger partial charge in [0.05, 0.1) is 14.2 Å². The molecule has 1 aromatic heterocycles. The molecule has 6 nitrogen and oxygen atoms in total. The van der Waals surface area contributed by atoms with Crippen molar-refractivity contribution >= 4 is 5.91 Å². The highest BCUT2D eigenvalue weighted by Gasteiger charge is 2.04. The van der Waals surface area contributed by atoms with Crippen molar-refractivity contribution in [1.82, 2.24) is 10.3 Å². The van der Waals surface area contributed by atoms with Crippen LogP contribution in [0.25, 0.3) is 0 Å². The van der Waals surface area contributed by atoms with Gasteiger partial charge in [-0.1, -0.05) is 6.07 Å². The van der Waals surface area contributed by atoms with Crippen LogP contribution in [0.15, 0.2) is 42.6 Å². The first-order valence-electron chi connectivity index (χ1n) is 6.73. The Balaban J connectivity index is 1.74. The lowest BCUT2D eigenvalue weighted by Gasteiger charge is -2.08. The number of benzene rings is 1. The van der Waals surface area contributed by atoms with E-state index in [0.29, 0.717) is 18.2 Å². The summed E-state index contributed by atoms with van der Waals surface area (Å²) in [6, 6.07) is 10.6. The van der Waals surface area contributed by atoms with E-state index in [9.17, 15) is 4.79 Å². The van der Waals surface area contributed by atoms with E-state index in [4.69, 9.17) is 14.2 Å². The third kappa shape index (κ3) is 4.66. The quantitative estimate of drug-likeness (QED) is 0.844. The SMILES string of the molecule is COc1ccc(OCC(=O)NCc2ccc(OC)nc2)cc1. The van der Waals surface area contributed by atoms with Crippen LogP contribution in [-0.2, 0) is 11.3 Å². The predicted molar refractivity (Wildman–Crippen MR) is 81.1 cm³/mol. The molecular weight excluding hydrogens is 284 g/mol. The first-order valence-corrected chi connectivity index (χ1v) is 6.73. The molecule has 0 saturated heterocycles. The average Bonchev–Trinajstić information content (AvgIpc) is 2.59. The number of nitrogens with zero attached hydrogens (tertiary/aromatic N) is 1. The number of methoxy groups -OCH3 is 2. The molecule has 0 aliphatic rings. The van der Waals surface area contributed by atoms with Crippen molar-refractivity contribution in [3.8, 4) is 17.4 Å². The molecule has 1 N–H and O–H groups in total. The normalized spacial score (nSPS) is 9.91. The molecule has 1 aromatic carbocycles. The van der Waals surface area contributed by atoms with Crippen LogP contribution in [0.4, 0.5) is 0 Å². The molecule has 0 unspecified atom stereocenters. The molecule has 0 bridgehead atoms. The second-order valence-electron chi connectivity index (χ2n) is 4.45. The van der Waals surface area contributed by atoms with Crippen molar-refractivity contribution in [2.75, 3.05) is 20.8 Å². The van der Waals surface area contributed by atoms with E-state index in [2.05, 4.69) is 10.3 Å². The molecule has 0 aliphatic heterocycles. The minimum absolute atomic E-state index is 0.0457. The monoisotopic (exact) mass is 302 g/mol. The molecule has 0 fully saturated rings. The number of amides is 1. The van der Waals surface area contributed by atoms with Gasteiger partial charge >= 0.3 is 0 Å².